The summed E-state index contributed by atoms with van der Waals surface area (Å²) in [5.41, 5.74) is 4.08. The van der Waals surface area contributed by atoms with Crippen molar-refractivity contribution in [2.45, 2.75) is 32.2 Å². The molecule has 4 aromatic rings. The van der Waals surface area contributed by atoms with Crippen molar-refractivity contribution in [1.29, 1.82) is 0 Å². The summed E-state index contributed by atoms with van der Waals surface area (Å²) in [5, 5.41) is 3.00. The fraction of sp³-hybridized carbons (Fsp3) is 0.259. The van der Waals surface area contributed by atoms with Crippen molar-refractivity contribution >= 4 is 32.9 Å². The van der Waals surface area contributed by atoms with Crippen LogP contribution in [0.25, 0.3) is 11.0 Å². The zero-order chi connectivity index (χ0) is 23.0. The molecular weight excluding hydrogens is 478 g/mol. The molecule has 0 atom stereocenters. The second-order valence-corrected chi connectivity index (χ2v) is 8.94. The van der Waals surface area contributed by atoms with Gasteiger partial charge in [0.1, 0.15) is 11.6 Å². The predicted octanol–water partition coefficient (Wildman–Crippen LogP) is 6.00. The van der Waals surface area contributed by atoms with E-state index in [0.29, 0.717) is 17.9 Å². The van der Waals surface area contributed by atoms with Crippen LogP contribution in [0.2, 0.25) is 0 Å². The summed E-state index contributed by atoms with van der Waals surface area (Å²) in [6.45, 7) is 1.46. The van der Waals surface area contributed by atoms with Gasteiger partial charge in [-0.1, -0.05) is 52.7 Å². The number of halogens is 1. The molecule has 5 nitrogen and oxygen atoms in total. The summed E-state index contributed by atoms with van der Waals surface area (Å²) in [6.07, 6.45) is 3.90. The summed E-state index contributed by atoms with van der Waals surface area (Å²) in [7, 11) is 1.60. The van der Waals surface area contributed by atoms with Gasteiger partial charge in [0.05, 0.1) is 18.1 Å². The van der Waals surface area contributed by atoms with Crippen molar-refractivity contribution in [2.24, 2.45) is 0 Å². The number of unbranched alkanes of at least 4 members (excludes halogenated alkanes) is 2. The van der Waals surface area contributed by atoms with E-state index in [1.54, 1.807) is 19.2 Å². The van der Waals surface area contributed by atoms with Gasteiger partial charge in [-0.3, -0.25) is 4.79 Å². The second-order valence-electron chi connectivity index (χ2n) is 8.03. The van der Waals surface area contributed by atoms with E-state index in [1.165, 1.54) is 11.1 Å². The van der Waals surface area contributed by atoms with Crippen molar-refractivity contribution in [3.63, 3.8) is 0 Å². The van der Waals surface area contributed by atoms with Crippen LogP contribution in [0.5, 0.6) is 5.75 Å². The first-order valence-corrected chi connectivity index (χ1v) is 12.0. The Hall–Kier alpha value is -3.12. The van der Waals surface area contributed by atoms with Crippen LogP contribution in [-0.2, 0) is 13.0 Å². The number of carbonyl (C=O) groups excluding carboxylic acids is 1. The molecule has 0 spiro atoms. The molecule has 0 aliphatic carbocycles. The number of fused-ring (bicyclic) bond motifs is 1. The molecular formula is C27H28BrN3O2. The van der Waals surface area contributed by atoms with Gasteiger partial charge >= 0.3 is 0 Å². The van der Waals surface area contributed by atoms with E-state index in [1.807, 2.05) is 18.2 Å². The molecule has 3 aromatic carbocycles. The quantitative estimate of drug-likeness (QED) is 0.269. The van der Waals surface area contributed by atoms with Crippen LogP contribution in [0.4, 0.5) is 0 Å². The smallest absolute Gasteiger partial charge is 0.251 e. The lowest BCUT2D eigenvalue weighted by Gasteiger charge is -2.10. The molecule has 4 rings (SSSR count). The monoisotopic (exact) mass is 505 g/mol. The van der Waals surface area contributed by atoms with Gasteiger partial charge < -0.3 is 14.6 Å². The minimum absolute atomic E-state index is 0.0646. The lowest BCUT2D eigenvalue weighted by molar-refractivity contribution is 0.0952. The summed E-state index contributed by atoms with van der Waals surface area (Å²) in [5.74, 6) is 1.73. The largest absolute Gasteiger partial charge is 0.497 e. The van der Waals surface area contributed by atoms with Crippen LogP contribution in [0, 0.1) is 0 Å². The van der Waals surface area contributed by atoms with Crippen molar-refractivity contribution in [3.8, 4) is 5.75 Å². The van der Waals surface area contributed by atoms with Gasteiger partial charge in [0.15, 0.2) is 0 Å². The molecule has 170 valence electrons. The number of methoxy groups -OCH3 is 1. The van der Waals surface area contributed by atoms with Crippen LogP contribution in [-0.4, -0.2) is 29.1 Å². The number of ether oxygens (including phenoxy) is 1. The highest BCUT2D eigenvalue weighted by atomic mass is 79.9. The summed E-state index contributed by atoms with van der Waals surface area (Å²) in [6, 6.07) is 24.0. The number of nitrogens with one attached hydrogen (secondary N) is 1. The van der Waals surface area contributed by atoms with Crippen molar-refractivity contribution in [2.75, 3.05) is 13.7 Å². The fourth-order valence-electron chi connectivity index (χ4n) is 3.92. The number of para-hydroxylation sites is 2. The Balaban J connectivity index is 1.31. The van der Waals surface area contributed by atoms with E-state index >= 15 is 0 Å². The minimum Gasteiger partial charge on any atom is -0.497 e. The molecule has 6 heteroatoms. The fourth-order valence-corrected chi connectivity index (χ4v) is 4.18. The highest BCUT2D eigenvalue weighted by molar-refractivity contribution is 9.10. The number of rotatable bonds is 10. The maximum absolute atomic E-state index is 12.3. The Morgan fingerprint density at radius 1 is 1.00 bits per heavy atom. The van der Waals surface area contributed by atoms with E-state index < -0.39 is 0 Å². The molecule has 1 aromatic heterocycles. The van der Waals surface area contributed by atoms with Crippen molar-refractivity contribution < 1.29 is 9.53 Å². The normalized spacial score (nSPS) is 11.0. The number of amides is 1. The topological polar surface area (TPSA) is 56.1 Å². The highest BCUT2D eigenvalue weighted by Crippen LogP contribution is 2.20. The van der Waals surface area contributed by atoms with Gasteiger partial charge in [0.25, 0.3) is 5.91 Å². The zero-order valence-corrected chi connectivity index (χ0v) is 20.3. The van der Waals surface area contributed by atoms with Crippen LogP contribution in [0.15, 0.2) is 77.3 Å². The molecule has 33 heavy (non-hydrogen) atoms. The maximum Gasteiger partial charge on any atom is 0.251 e. The number of hydrogen-bond acceptors (Lipinski definition) is 3. The van der Waals surface area contributed by atoms with Gasteiger partial charge in [0, 0.05) is 29.5 Å². The molecule has 1 heterocycles. The van der Waals surface area contributed by atoms with Gasteiger partial charge in [0.2, 0.25) is 0 Å². The average molecular weight is 506 g/mol. The van der Waals surface area contributed by atoms with Crippen LogP contribution in [0.1, 0.15) is 41.0 Å². The lowest BCUT2D eigenvalue weighted by Crippen LogP contribution is -2.24. The average Bonchev–Trinajstić information content (AvgIpc) is 3.19. The van der Waals surface area contributed by atoms with Gasteiger partial charge in [-0.15, -0.1) is 0 Å². The first-order chi connectivity index (χ1) is 16.1. The minimum atomic E-state index is -0.0646. The molecule has 0 radical (unpaired) electrons. The lowest BCUT2D eigenvalue weighted by atomic mass is 10.1. The number of aryl methyl sites for hydroxylation is 1. The SMILES string of the molecule is COc1cccc(C(=O)NCCCCCc2nc3ccccc3n2Cc2ccc(Br)cc2)c1. The third-order valence-corrected chi connectivity index (χ3v) is 6.21. The Morgan fingerprint density at radius 2 is 1.82 bits per heavy atom. The van der Waals surface area contributed by atoms with Crippen LogP contribution >= 0.6 is 15.9 Å². The molecule has 1 amide bonds. The maximum atomic E-state index is 12.3. The Kier molecular flexibility index (Phi) is 7.79. The van der Waals surface area contributed by atoms with E-state index in [2.05, 4.69) is 68.3 Å². The Morgan fingerprint density at radius 3 is 2.64 bits per heavy atom. The van der Waals surface area contributed by atoms with Crippen LogP contribution in [0.3, 0.4) is 0 Å². The van der Waals surface area contributed by atoms with E-state index in [-0.39, 0.29) is 5.91 Å². The number of carbonyl (C=O) groups is 1. The van der Waals surface area contributed by atoms with Gasteiger partial charge in [-0.25, -0.2) is 4.98 Å². The number of nitrogens with zero attached hydrogens (tertiary/aromatic N) is 2. The summed E-state index contributed by atoms with van der Waals surface area (Å²) < 4.78 is 8.59. The molecule has 0 aliphatic heterocycles. The first kappa shape index (κ1) is 23.1. The molecule has 0 aliphatic rings. The Bertz CT molecular complexity index is 1220. The number of aromatic nitrogens is 2. The Labute approximate surface area is 202 Å². The number of benzene rings is 3. The number of imidazole rings is 1. The number of hydrogen-bond donors (Lipinski definition) is 1. The second kappa shape index (κ2) is 11.1. The first-order valence-electron chi connectivity index (χ1n) is 11.2. The third kappa shape index (κ3) is 6.02. The van der Waals surface area contributed by atoms with E-state index in [0.717, 1.165) is 48.0 Å². The molecule has 0 fully saturated rings. The molecule has 0 bridgehead atoms. The zero-order valence-electron chi connectivity index (χ0n) is 18.8. The summed E-state index contributed by atoms with van der Waals surface area (Å²) in [4.78, 5) is 17.2. The standard InChI is InChI=1S/C27H28BrN3O2/c1-33-23-9-7-8-21(18-23)27(32)29-17-6-2-3-12-26-30-24-10-4-5-11-25(24)31(26)19-20-13-15-22(28)16-14-20/h4-5,7-11,13-16,18H,2-3,6,12,17,19H2,1H3,(H,29,32). The molecule has 1 N–H and O–H groups in total. The predicted molar refractivity (Wildman–Crippen MR) is 136 cm³/mol. The van der Waals surface area contributed by atoms with Crippen molar-refractivity contribution in [1.82, 2.24) is 14.9 Å². The highest BCUT2D eigenvalue weighted by Gasteiger charge is 2.11. The third-order valence-electron chi connectivity index (χ3n) is 5.68. The van der Waals surface area contributed by atoms with Crippen molar-refractivity contribution in [3.05, 3.63) is 94.2 Å². The van der Waals surface area contributed by atoms with E-state index in [9.17, 15) is 4.79 Å². The summed E-state index contributed by atoms with van der Waals surface area (Å²) >= 11 is 3.51. The van der Waals surface area contributed by atoms with Gasteiger partial charge in [-0.05, 0) is 60.9 Å². The van der Waals surface area contributed by atoms with E-state index in [4.69, 9.17) is 9.72 Å². The van der Waals surface area contributed by atoms with Gasteiger partial charge in [-0.2, -0.15) is 0 Å². The van der Waals surface area contributed by atoms with Crippen LogP contribution < -0.4 is 10.1 Å². The molecule has 0 saturated heterocycles. The molecule has 0 unspecified atom stereocenters. The molecule has 0 saturated carbocycles.